The number of aryl methyl sites for hydroxylation is 1. The van der Waals surface area contributed by atoms with Crippen molar-refractivity contribution in [2.45, 2.75) is 20.8 Å². The van der Waals surface area contributed by atoms with Crippen LogP contribution < -0.4 is 0 Å². The molecule has 1 aromatic rings. The molecule has 0 aliphatic heterocycles. The van der Waals surface area contributed by atoms with Crippen molar-refractivity contribution in [2.75, 3.05) is 13.2 Å². The maximum atomic E-state index is 11.8. The fourth-order valence-electron chi connectivity index (χ4n) is 1.51. The number of benzene rings is 1. The zero-order valence-corrected chi connectivity index (χ0v) is 12.1. The van der Waals surface area contributed by atoms with Gasteiger partial charge in [0.2, 0.25) is 0 Å². The predicted molar refractivity (Wildman–Crippen MR) is 73.9 cm³/mol. The molecular formula is C14H17NO6. The van der Waals surface area contributed by atoms with Crippen LogP contribution in [0, 0.1) is 23.0 Å². The van der Waals surface area contributed by atoms with E-state index in [9.17, 15) is 19.7 Å². The maximum Gasteiger partial charge on any atom is 0.338 e. The van der Waals surface area contributed by atoms with Gasteiger partial charge in [0.15, 0.2) is 0 Å². The highest BCUT2D eigenvalue weighted by molar-refractivity contribution is 5.90. The fourth-order valence-corrected chi connectivity index (χ4v) is 1.51. The van der Waals surface area contributed by atoms with Gasteiger partial charge in [0, 0.05) is 12.1 Å². The van der Waals surface area contributed by atoms with E-state index in [0.717, 1.165) is 6.07 Å². The van der Waals surface area contributed by atoms with Gasteiger partial charge in [-0.25, -0.2) is 4.79 Å². The molecule has 0 aromatic heterocycles. The van der Waals surface area contributed by atoms with Crippen molar-refractivity contribution >= 4 is 17.6 Å². The van der Waals surface area contributed by atoms with Gasteiger partial charge >= 0.3 is 11.9 Å². The number of nitrogens with zero attached hydrogens (tertiary/aromatic N) is 1. The van der Waals surface area contributed by atoms with Crippen molar-refractivity contribution < 1.29 is 24.0 Å². The highest BCUT2D eigenvalue weighted by Crippen LogP contribution is 2.17. The number of hydrogen-bond acceptors (Lipinski definition) is 6. The standard InChI is InChI=1S/C14H17NO6/c1-9(2)13(16)20-4-5-21-14(17)11-6-10(3)7-12(8-11)15(18)19/h6-9H,4-5H2,1-3H3. The summed E-state index contributed by atoms with van der Waals surface area (Å²) in [5.74, 6) is -1.32. The Balaban J connectivity index is 2.56. The van der Waals surface area contributed by atoms with Gasteiger partial charge in [0.1, 0.15) is 13.2 Å². The van der Waals surface area contributed by atoms with E-state index >= 15 is 0 Å². The highest BCUT2D eigenvalue weighted by atomic mass is 16.6. The van der Waals surface area contributed by atoms with Crippen LogP contribution in [0.5, 0.6) is 0 Å². The molecule has 7 nitrogen and oxygen atoms in total. The second-order valence-corrected chi connectivity index (χ2v) is 4.77. The van der Waals surface area contributed by atoms with Crippen molar-refractivity contribution in [2.24, 2.45) is 5.92 Å². The number of carbonyl (C=O) groups is 2. The monoisotopic (exact) mass is 295 g/mol. The molecule has 0 aliphatic rings. The molecule has 21 heavy (non-hydrogen) atoms. The Kier molecular flexibility index (Phi) is 5.83. The summed E-state index contributed by atoms with van der Waals surface area (Å²) in [6, 6.07) is 4.01. The van der Waals surface area contributed by atoms with E-state index < -0.39 is 10.9 Å². The minimum Gasteiger partial charge on any atom is -0.462 e. The van der Waals surface area contributed by atoms with Crippen LogP contribution >= 0.6 is 0 Å². The van der Waals surface area contributed by atoms with Crippen molar-refractivity contribution in [1.29, 1.82) is 0 Å². The van der Waals surface area contributed by atoms with E-state index in [-0.39, 0.29) is 36.4 Å². The van der Waals surface area contributed by atoms with Crippen LogP contribution in [-0.4, -0.2) is 30.1 Å². The molecule has 114 valence electrons. The Bertz CT molecular complexity index is 552. The maximum absolute atomic E-state index is 11.8. The Morgan fingerprint density at radius 2 is 1.81 bits per heavy atom. The van der Waals surface area contributed by atoms with E-state index in [1.165, 1.54) is 12.1 Å². The third-order valence-electron chi connectivity index (χ3n) is 2.54. The van der Waals surface area contributed by atoms with Gasteiger partial charge in [-0.1, -0.05) is 13.8 Å². The molecule has 0 N–H and O–H groups in total. The van der Waals surface area contributed by atoms with E-state index in [1.54, 1.807) is 20.8 Å². The Morgan fingerprint density at radius 3 is 2.38 bits per heavy atom. The second-order valence-electron chi connectivity index (χ2n) is 4.77. The molecule has 0 radical (unpaired) electrons. The summed E-state index contributed by atoms with van der Waals surface area (Å²) < 4.78 is 9.76. The summed E-state index contributed by atoms with van der Waals surface area (Å²) in [4.78, 5) is 33.1. The summed E-state index contributed by atoms with van der Waals surface area (Å²) in [6.45, 7) is 4.89. The van der Waals surface area contributed by atoms with Crippen molar-refractivity contribution in [3.05, 3.63) is 39.4 Å². The lowest BCUT2D eigenvalue weighted by Crippen LogP contribution is -2.17. The SMILES string of the molecule is Cc1cc(C(=O)OCCOC(=O)C(C)C)cc([N+](=O)[O-])c1. The normalized spacial score (nSPS) is 10.3. The van der Waals surface area contributed by atoms with Crippen molar-refractivity contribution in [3.63, 3.8) is 0 Å². The quantitative estimate of drug-likeness (QED) is 0.346. The molecule has 7 heteroatoms. The summed E-state index contributed by atoms with van der Waals surface area (Å²) in [5.41, 5.74) is 0.507. The summed E-state index contributed by atoms with van der Waals surface area (Å²) >= 11 is 0. The average Bonchev–Trinajstić information content (AvgIpc) is 2.42. The highest BCUT2D eigenvalue weighted by Gasteiger charge is 2.15. The van der Waals surface area contributed by atoms with Gasteiger partial charge in [0.05, 0.1) is 16.4 Å². The number of esters is 2. The molecule has 0 amide bonds. The molecular weight excluding hydrogens is 278 g/mol. The minimum atomic E-state index is -0.692. The molecule has 0 saturated carbocycles. The van der Waals surface area contributed by atoms with Crippen molar-refractivity contribution in [3.8, 4) is 0 Å². The first-order valence-electron chi connectivity index (χ1n) is 6.41. The average molecular weight is 295 g/mol. The van der Waals surface area contributed by atoms with Crippen LogP contribution in [0.25, 0.3) is 0 Å². The number of nitro groups is 1. The van der Waals surface area contributed by atoms with Crippen LogP contribution in [0.3, 0.4) is 0 Å². The lowest BCUT2D eigenvalue weighted by Gasteiger charge is -2.08. The summed E-state index contributed by atoms with van der Waals surface area (Å²) in [7, 11) is 0. The van der Waals surface area contributed by atoms with Gasteiger partial charge in [0.25, 0.3) is 5.69 Å². The zero-order valence-electron chi connectivity index (χ0n) is 12.1. The summed E-state index contributed by atoms with van der Waals surface area (Å²) in [6.07, 6.45) is 0. The molecule has 0 saturated heterocycles. The zero-order chi connectivity index (χ0) is 16.0. The van der Waals surface area contributed by atoms with E-state index in [1.807, 2.05) is 0 Å². The van der Waals surface area contributed by atoms with Crippen LogP contribution in [0.2, 0.25) is 0 Å². The number of nitro benzene ring substituents is 1. The first-order chi connectivity index (χ1) is 9.81. The van der Waals surface area contributed by atoms with Crippen LogP contribution in [0.1, 0.15) is 29.8 Å². The molecule has 0 unspecified atom stereocenters. The van der Waals surface area contributed by atoms with Crippen molar-refractivity contribution in [1.82, 2.24) is 0 Å². The fraction of sp³-hybridized carbons (Fsp3) is 0.429. The van der Waals surface area contributed by atoms with Crippen LogP contribution in [0.4, 0.5) is 5.69 Å². The minimum absolute atomic E-state index is 0.0450. The lowest BCUT2D eigenvalue weighted by atomic mass is 10.1. The Morgan fingerprint density at radius 1 is 1.19 bits per heavy atom. The van der Waals surface area contributed by atoms with E-state index in [0.29, 0.717) is 5.56 Å². The molecule has 0 fully saturated rings. The molecule has 0 bridgehead atoms. The Hall–Kier alpha value is -2.44. The smallest absolute Gasteiger partial charge is 0.338 e. The third-order valence-corrected chi connectivity index (χ3v) is 2.54. The van der Waals surface area contributed by atoms with E-state index in [2.05, 4.69) is 0 Å². The van der Waals surface area contributed by atoms with Gasteiger partial charge in [-0.2, -0.15) is 0 Å². The topological polar surface area (TPSA) is 95.7 Å². The molecule has 1 rings (SSSR count). The molecule has 0 aliphatic carbocycles. The second kappa shape index (κ2) is 7.37. The van der Waals surface area contributed by atoms with Gasteiger partial charge in [-0.05, 0) is 18.6 Å². The first-order valence-corrected chi connectivity index (χ1v) is 6.41. The molecule has 1 aromatic carbocycles. The van der Waals surface area contributed by atoms with Crippen LogP contribution in [0.15, 0.2) is 18.2 Å². The Labute approximate surface area is 122 Å². The molecule has 0 atom stereocenters. The number of ether oxygens (including phenoxy) is 2. The number of non-ortho nitro benzene ring substituents is 1. The first kappa shape index (κ1) is 16.6. The third kappa shape index (κ3) is 5.21. The summed E-state index contributed by atoms with van der Waals surface area (Å²) in [5, 5.41) is 10.7. The van der Waals surface area contributed by atoms with Crippen LogP contribution in [-0.2, 0) is 14.3 Å². The van der Waals surface area contributed by atoms with E-state index in [4.69, 9.17) is 9.47 Å². The lowest BCUT2D eigenvalue weighted by molar-refractivity contribution is -0.384. The molecule has 0 heterocycles. The number of hydrogen-bond donors (Lipinski definition) is 0. The van der Waals surface area contributed by atoms with Gasteiger partial charge in [-0.15, -0.1) is 0 Å². The number of rotatable bonds is 6. The number of carbonyl (C=O) groups excluding carboxylic acids is 2. The van der Waals surface area contributed by atoms with Gasteiger partial charge < -0.3 is 9.47 Å². The predicted octanol–water partition coefficient (Wildman–Crippen LogP) is 2.26. The molecule has 0 spiro atoms. The largest absolute Gasteiger partial charge is 0.462 e. The van der Waals surface area contributed by atoms with Gasteiger partial charge in [-0.3, -0.25) is 14.9 Å².